The van der Waals surface area contributed by atoms with Crippen LogP contribution in [0.5, 0.6) is 0 Å². The first-order valence-electron chi connectivity index (χ1n) is 9.00. The Morgan fingerprint density at radius 3 is 2.40 bits per heavy atom. The van der Waals surface area contributed by atoms with Crippen LogP contribution in [0, 0.1) is 5.92 Å². The third kappa shape index (κ3) is 5.33. The van der Waals surface area contributed by atoms with Crippen LogP contribution in [0.15, 0.2) is 30.3 Å². The largest absolute Gasteiger partial charge is 0.338 e. The van der Waals surface area contributed by atoms with Crippen LogP contribution in [0.4, 0.5) is 0 Å². The number of benzene rings is 1. The molecule has 2 heterocycles. The van der Waals surface area contributed by atoms with Crippen LogP contribution in [0.2, 0.25) is 0 Å². The Bertz CT molecular complexity index is 523. The fraction of sp³-hybridized carbons (Fsp3) is 0.632. The predicted molar refractivity (Wildman–Crippen MR) is 107 cm³/mol. The van der Waals surface area contributed by atoms with Crippen LogP contribution in [0.25, 0.3) is 0 Å². The molecule has 2 aliphatic rings. The molecule has 0 bridgehead atoms. The van der Waals surface area contributed by atoms with Crippen molar-refractivity contribution in [3.05, 3.63) is 35.9 Å². The fourth-order valence-electron chi connectivity index (χ4n) is 3.96. The van der Waals surface area contributed by atoms with Crippen molar-refractivity contribution in [2.45, 2.75) is 44.7 Å². The van der Waals surface area contributed by atoms with E-state index in [4.69, 9.17) is 5.73 Å². The third-order valence-electron chi connectivity index (χ3n) is 5.44. The summed E-state index contributed by atoms with van der Waals surface area (Å²) in [6.07, 6.45) is 4.86. The molecule has 0 spiro atoms. The molecule has 2 saturated heterocycles. The Balaban J connectivity index is 0.00000156. The summed E-state index contributed by atoms with van der Waals surface area (Å²) in [5, 5.41) is 0. The van der Waals surface area contributed by atoms with Crippen molar-refractivity contribution in [3.63, 3.8) is 0 Å². The van der Waals surface area contributed by atoms with Gasteiger partial charge >= 0.3 is 0 Å². The van der Waals surface area contributed by atoms with Crippen LogP contribution in [-0.4, -0.2) is 47.9 Å². The van der Waals surface area contributed by atoms with Gasteiger partial charge in [0.2, 0.25) is 5.91 Å². The van der Waals surface area contributed by atoms with Crippen molar-refractivity contribution in [1.82, 2.24) is 9.80 Å². The Kier molecular flexibility index (Phi) is 9.22. The van der Waals surface area contributed by atoms with E-state index in [0.717, 1.165) is 31.5 Å². The minimum Gasteiger partial charge on any atom is -0.338 e. The first-order valence-corrected chi connectivity index (χ1v) is 9.00. The molecular weight excluding hydrogens is 357 g/mol. The number of hydrogen-bond donors (Lipinski definition) is 1. The summed E-state index contributed by atoms with van der Waals surface area (Å²) in [4.78, 5) is 17.6. The van der Waals surface area contributed by atoms with Gasteiger partial charge in [-0.15, -0.1) is 24.8 Å². The normalized spacial score (nSPS) is 22.8. The van der Waals surface area contributed by atoms with Gasteiger partial charge in [0.05, 0.1) is 5.92 Å². The van der Waals surface area contributed by atoms with Crippen molar-refractivity contribution >= 4 is 30.7 Å². The summed E-state index contributed by atoms with van der Waals surface area (Å²) in [7, 11) is 0. The molecule has 2 aliphatic heterocycles. The van der Waals surface area contributed by atoms with Gasteiger partial charge in [0.15, 0.2) is 0 Å². The van der Waals surface area contributed by atoms with E-state index >= 15 is 0 Å². The standard InChI is InChI=1S/C19H29N3O.2ClH/c1-15(18(20)16-8-3-2-4-9-16)19(23)22-13-7-10-17(22)14-21-11-5-6-12-21;;/h2-4,8-9,15,17-18H,5-7,10-14,20H2,1H3;2*1H. The molecule has 0 aromatic heterocycles. The number of rotatable bonds is 5. The van der Waals surface area contributed by atoms with Gasteiger partial charge < -0.3 is 15.5 Å². The van der Waals surface area contributed by atoms with Crippen LogP contribution < -0.4 is 5.73 Å². The van der Waals surface area contributed by atoms with Gasteiger partial charge in [-0.25, -0.2) is 0 Å². The van der Waals surface area contributed by atoms with Crippen molar-refractivity contribution in [1.29, 1.82) is 0 Å². The molecule has 25 heavy (non-hydrogen) atoms. The Morgan fingerprint density at radius 1 is 1.12 bits per heavy atom. The Labute approximate surface area is 163 Å². The van der Waals surface area contributed by atoms with Gasteiger partial charge in [-0.05, 0) is 44.3 Å². The van der Waals surface area contributed by atoms with Crippen LogP contribution in [-0.2, 0) is 4.79 Å². The lowest BCUT2D eigenvalue weighted by molar-refractivity contribution is -0.136. The van der Waals surface area contributed by atoms with E-state index in [-0.39, 0.29) is 42.7 Å². The van der Waals surface area contributed by atoms with E-state index in [2.05, 4.69) is 9.80 Å². The van der Waals surface area contributed by atoms with E-state index in [1.807, 2.05) is 37.3 Å². The third-order valence-corrected chi connectivity index (χ3v) is 5.44. The number of carbonyl (C=O) groups is 1. The monoisotopic (exact) mass is 387 g/mol. The average molecular weight is 388 g/mol. The minimum absolute atomic E-state index is 0. The molecule has 3 rings (SSSR count). The van der Waals surface area contributed by atoms with Gasteiger partial charge in [0.25, 0.3) is 0 Å². The molecule has 4 nitrogen and oxygen atoms in total. The number of nitrogens with zero attached hydrogens (tertiary/aromatic N) is 2. The van der Waals surface area contributed by atoms with E-state index in [9.17, 15) is 4.79 Å². The van der Waals surface area contributed by atoms with Gasteiger partial charge in [0.1, 0.15) is 0 Å². The highest BCUT2D eigenvalue weighted by Crippen LogP contribution is 2.26. The maximum Gasteiger partial charge on any atom is 0.227 e. The number of amides is 1. The Hall–Kier alpha value is -0.810. The zero-order valence-corrected chi connectivity index (χ0v) is 16.6. The molecule has 0 radical (unpaired) electrons. The second-order valence-corrected chi connectivity index (χ2v) is 7.06. The first-order chi connectivity index (χ1) is 11.2. The highest BCUT2D eigenvalue weighted by molar-refractivity contribution is 5.85. The van der Waals surface area contributed by atoms with Crippen molar-refractivity contribution < 1.29 is 4.79 Å². The number of nitrogens with two attached hydrogens (primary N) is 1. The summed E-state index contributed by atoms with van der Waals surface area (Å²) in [5.41, 5.74) is 7.40. The SMILES string of the molecule is CC(C(=O)N1CCCC1CN1CCCC1)C(N)c1ccccc1.Cl.Cl. The summed E-state index contributed by atoms with van der Waals surface area (Å²) in [6.45, 7) is 6.29. The molecule has 1 aromatic rings. The van der Waals surface area contributed by atoms with Gasteiger partial charge in [-0.2, -0.15) is 0 Å². The molecule has 0 saturated carbocycles. The first kappa shape index (κ1) is 22.2. The quantitative estimate of drug-likeness (QED) is 0.843. The lowest BCUT2D eigenvalue weighted by atomic mass is 9.94. The minimum atomic E-state index is -0.225. The Morgan fingerprint density at radius 2 is 1.76 bits per heavy atom. The summed E-state index contributed by atoms with van der Waals surface area (Å²) in [6, 6.07) is 10.1. The van der Waals surface area contributed by atoms with Crippen LogP contribution >= 0.6 is 24.8 Å². The summed E-state index contributed by atoms with van der Waals surface area (Å²) in [5.74, 6) is 0.0552. The molecular formula is C19H31Cl2N3O. The highest BCUT2D eigenvalue weighted by Gasteiger charge is 2.35. The smallest absolute Gasteiger partial charge is 0.227 e. The second-order valence-electron chi connectivity index (χ2n) is 7.06. The molecule has 1 amide bonds. The molecule has 1 aromatic carbocycles. The van der Waals surface area contributed by atoms with Crippen molar-refractivity contribution in [3.8, 4) is 0 Å². The van der Waals surface area contributed by atoms with Crippen molar-refractivity contribution in [2.75, 3.05) is 26.2 Å². The lowest BCUT2D eigenvalue weighted by Crippen LogP contribution is -2.46. The van der Waals surface area contributed by atoms with E-state index < -0.39 is 0 Å². The zero-order valence-electron chi connectivity index (χ0n) is 15.0. The lowest BCUT2D eigenvalue weighted by Gasteiger charge is -2.32. The molecule has 2 fully saturated rings. The molecule has 0 aliphatic carbocycles. The van der Waals surface area contributed by atoms with E-state index in [1.165, 1.54) is 25.9 Å². The zero-order chi connectivity index (χ0) is 16.2. The van der Waals surface area contributed by atoms with Gasteiger partial charge in [-0.3, -0.25) is 4.79 Å². The molecule has 6 heteroatoms. The number of halogens is 2. The second kappa shape index (κ2) is 10.4. The molecule has 2 N–H and O–H groups in total. The maximum atomic E-state index is 13.0. The molecule has 142 valence electrons. The summed E-state index contributed by atoms with van der Waals surface area (Å²) < 4.78 is 0. The number of hydrogen-bond acceptors (Lipinski definition) is 3. The molecule has 3 unspecified atom stereocenters. The molecule has 3 atom stereocenters. The van der Waals surface area contributed by atoms with E-state index in [1.54, 1.807) is 0 Å². The fourth-order valence-corrected chi connectivity index (χ4v) is 3.96. The number of carbonyl (C=O) groups excluding carboxylic acids is 1. The van der Waals surface area contributed by atoms with Crippen molar-refractivity contribution in [2.24, 2.45) is 11.7 Å². The summed E-state index contributed by atoms with van der Waals surface area (Å²) >= 11 is 0. The maximum absolute atomic E-state index is 13.0. The van der Waals surface area contributed by atoms with E-state index in [0.29, 0.717) is 6.04 Å². The number of likely N-dealkylation sites (tertiary alicyclic amines) is 2. The predicted octanol–water partition coefficient (Wildman–Crippen LogP) is 3.25. The van der Waals surface area contributed by atoms with Gasteiger partial charge in [-0.1, -0.05) is 37.3 Å². The van der Waals surface area contributed by atoms with Crippen LogP contribution in [0.3, 0.4) is 0 Å². The topological polar surface area (TPSA) is 49.6 Å². The van der Waals surface area contributed by atoms with Crippen LogP contribution in [0.1, 0.15) is 44.2 Å². The highest BCUT2D eigenvalue weighted by atomic mass is 35.5. The van der Waals surface area contributed by atoms with Gasteiger partial charge in [0, 0.05) is 25.2 Å². The average Bonchev–Trinajstić information content (AvgIpc) is 3.26.